The van der Waals surface area contributed by atoms with Crippen LogP contribution in [0.4, 0.5) is 10.5 Å². The van der Waals surface area contributed by atoms with E-state index in [0.29, 0.717) is 5.69 Å². The zero-order chi connectivity index (χ0) is 15.1. The molecule has 0 bridgehead atoms. The zero-order valence-corrected chi connectivity index (χ0v) is 11.9. The van der Waals surface area contributed by atoms with E-state index in [-0.39, 0.29) is 13.2 Å². The largest absolute Gasteiger partial charge is 0.465 e. The lowest BCUT2D eigenvalue weighted by Crippen LogP contribution is -2.36. The molecular weight excluding hydrogens is 260 g/mol. The van der Waals surface area contributed by atoms with E-state index >= 15 is 0 Å². The highest BCUT2D eigenvalue weighted by molar-refractivity contribution is 5.91. The molecule has 0 saturated carbocycles. The van der Waals surface area contributed by atoms with Gasteiger partial charge in [-0.3, -0.25) is 4.79 Å². The molecule has 0 spiro atoms. The van der Waals surface area contributed by atoms with Gasteiger partial charge in [-0.05, 0) is 31.5 Å². The second-order valence-electron chi connectivity index (χ2n) is 4.39. The lowest BCUT2D eigenvalue weighted by molar-refractivity contribution is -0.143. The Morgan fingerprint density at radius 1 is 1.35 bits per heavy atom. The summed E-state index contributed by atoms with van der Waals surface area (Å²) in [4.78, 5) is 24.3. The Hall–Kier alpha value is -2.08. The van der Waals surface area contributed by atoms with E-state index in [1.807, 2.05) is 0 Å². The van der Waals surface area contributed by atoms with Gasteiger partial charge in [-0.15, -0.1) is 0 Å². The van der Waals surface area contributed by atoms with Crippen LogP contribution in [0.2, 0.25) is 0 Å². The van der Waals surface area contributed by atoms with Crippen molar-refractivity contribution in [3.05, 3.63) is 29.8 Å². The first-order valence-corrected chi connectivity index (χ1v) is 6.39. The van der Waals surface area contributed by atoms with Crippen molar-refractivity contribution < 1.29 is 19.4 Å². The van der Waals surface area contributed by atoms with Crippen LogP contribution in [0.1, 0.15) is 25.5 Å². The Balaban J connectivity index is 2.54. The molecule has 0 fully saturated rings. The van der Waals surface area contributed by atoms with Crippen LogP contribution < -0.4 is 5.32 Å². The number of urea groups is 1. The summed E-state index contributed by atoms with van der Waals surface area (Å²) in [7, 11) is 1.51. The topological polar surface area (TPSA) is 78.9 Å². The van der Waals surface area contributed by atoms with Crippen LogP contribution in [-0.4, -0.2) is 42.2 Å². The molecular formula is C14H20N2O4. The predicted molar refractivity (Wildman–Crippen MR) is 75.4 cm³/mol. The van der Waals surface area contributed by atoms with Crippen molar-refractivity contribution in [3.8, 4) is 0 Å². The molecule has 0 aliphatic heterocycles. The number of amides is 2. The number of carbonyl (C=O) groups excluding carboxylic acids is 2. The molecule has 0 saturated heterocycles. The molecule has 1 aromatic rings. The third-order valence-corrected chi connectivity index (χ3v) is 2.66. The van der Waals surface area contributed by atoms with E-state index < -0.39 is 18.1 Å². The molecule has 0 aromatic heterocycles. The average Bonchev–Trinajstić information content (AvgIpc) is 2.39. The highest BCUT2D eigenvalue weighted by Gasteiger charge is 2.13. The number of aliphatic hydroxyl groups excluding tert-OH is 1. The SMILES string of the molecule is CCOC(=O)CN(C)C(=O)Nc1ccc(C(C)O)cc1. The maximum absolute atomic E-state index is 11.8. The highest BCUT2D eigenvalue weighted by Crippen LogP contribution is 2.15. The lowest BCUT2D eigenvalue weighted by Gasteiger charge is -2.17. The maximum atomic E-state index is 11.8. The van der Waals surface area contributed by atoms with Gasteiger partial charge in [0.25, 0.3) is 0 Å². The second-order valence-corrected chi connectivity index (χ2v) is 4.39. The van der Waals surface area contributed by atoms with Crippen LogP contribution >= 0.6 is 0 Å². The van der Waals surface area contributed by atoms with Gasteiger partial charge >= 0.3 is 12.0 Å². The molecule has 2 amide bonds. The number of benzene rings is 1. The highest BCUT2D eigenvalue weighted by atomic mass is 16.5. The summed E-state index contributed by atoms with van der Waals surface area (Å²) in [6.45, 7) is 3.56. The first-order chi connectivity index (χ1) is 9.43. The average molecular weight is 280 g/mol. The molecule has 1 unspecified atom stereocenters. The molecule has 110 valence electrons. The number of hydrogen-bond acceptors (Lipinski definition) is 4. The van der Waals surface area contributed by atoms with E-state index in [0.717, 1.165) is 5.56 Å². The van der Waals surface area contributed by atoms with Gasteiger partial charge in [0, 0.05) is 12.7 Å². The molecule has 0 aliphatic rings. The monoisotopic (exact) mass is 280 g/mol. The van der Waals surface area contributed by atoms with Crippen molar-refractivity contribution in [2.75, 3.05) is 25.5 Å². The maximum Gasteiger partial charge on any atom is 0.325 e. The van der Waals surface area contributed by atoms with Crippen molar-refractivity contribution in [1.82, 2.24) is 4.90 Å². The summed E-state index contributed by atoms with van der Waals surface area (Å²) in [6, 6.07) is 6.44. The molecule has 0 aliphatic carbocycles. The van der Waals surface area contributed by atoms with Gasteiger partial charge in [0.15, 0.2) is 0 Å². The van der Waals surface area contributed by atoms with Crippen LogP contribution in [0.5, 0.6) is 0 Å². The summed E-state index contributed by atoms with van der Waals surface area (Å²) in [5.41, 5.74) is 1.36. The van der Waals surface area contributed by atoms with E-state index in [9.17, 15) is 14.7 Å². The van der Waals surface area contributed by atoms with Gasteiger partial charge in [0.05, 0.1) is 12.7 Å². The van der Waals surface area contributed by atoms with Crippen LogP contribution in [0.25, 0.3) is 0 Å². The number of carbonyl (C=O) groups is 2. The van der Waals surface area contributed by atoms with E-state index in [1.54, 1.807) is 38.1 Å². The number of likely N-dealkylation sites (N-methyl/N-ethyl adjacent to an activating group) is 1. The molecule has 6 nitrogen and oxygen atoms in total. The van der Waals surface area contributed by atoms with Gasteiger partial charge < -0.3 is 20.1 Å². The predicted octanol–water partition coefficient (Wildman–Crippen LogP) is 1.77. The quantitative estimate of drug-likeness (QED) is 0.806. The molecule has 6 heteroatoms. The first-order valence-electron chi connectivity index (χ1n) is 6.39. The number of ether oxygens (including phenoxy) is 1. The number of aliphatic hydroxyl groups is 1. The summed E-state index contributed by atoms with van der Waals surface area (Å²) in [5, 5.41) is 12.0. The number of nitrogens with one attached hydrogen (secondary N) is 1. The third-order valence-electron chi connectivity index (χ3n) is 2.66. The summed E-state index contributed by atoms with van der Waals surface area (Å²) >= 11 is 0. The Morgan fingerprint density at radius 2 is 1.95 bits per heavy atom. The number of rotatable bonds is 5. The molecule has 1 aromatic carbocycles. The fourth-order valence-electron chi connectivity index (χ4n) is 1.54. The minimum absolute atomic E-state index is 0.106. The van der Waals surface area contributed by atoms with Gasteiger partial charge in [-0.2, -0.15) is 0 Å². The van der Waals surface area contributed by atoms with Crippen LogP contribution in [0, 0.1) is 0 Å². The minimum Gasteiger partial charge on any atom is -0.465 e. The Kier molecular flexibility index (Phi) is 5.99. The Labute approximate surface area is 118 Å². The molecule has 0 heterocycles. The standard InChI is InChI=1S/C14H20N2O4/c1-4-20-13(18)9-16(3)14(19)15-12-7-5-11(6-8-12)10(2)17/h5-8,10,17H,4,9H2,1-3H3,(H,15,19). The zero-order valence-electron chi connectivity index (χ0n) is 11.9. The third kappa shape index (κ3) is 4.89. The van der Waals surface area contributed by atoms with Gasteiger partial charge in [0.1, 0.15) is 6.54 Å². The van der Waals surface area contributed by atoms with Crippen molar-refractivity contribution in [3.63, 3.8) is 0 Å². The Morgan fingerprint density at radius 3 is 2.45 bits per heavy atom. The lowest BCUT2D eigenvalue weighted by atomic mass is 10.1. The van der Waals surface area contributed by atoms with Gasteiger partial charge in [-0.25, -0.2) is 4.79 Å². The number of esters is 1. The second kappa shape index (κ2) is 7.49. The van der Waals surface area contributed by atoms with Crippen LogP contribution in [0.3, 0.4) is 0 Å². The first kappa shape index (κ1) is 16.0. The number of hydrogen-bond donors (Lipinski definition) is 2. The normalized spacial score (nSPS) is 11.6. The van der Waals surface area contributed by atoms with E-state index in [1.165, 1.54) is 11.9 Å². The molecule has 0 radical (unpaired) electrons. The Bertz CT molecular complexity index is 457. The minimum atomic E-state index is -0.550. The van der Waals surface area contributed by atoms with Crippen LogP contribution in [-0.2, 0) is 9.53 Å². The number of anilines is 1. The molecule has 1 atom stereocenters. The van der Waals surface area contributed by atoms with Crippen molar-refractivity contribution in [2.24, 2.45) is 0 Å². The van der Waals surface area contributed by atoms with E-state index in [4.69, 9.17) is 4.74 Å². The van der Waals surface area contributed by atoms with Gasteiger partial charge in [-0.1, -0.05) is 12.1 Å². The summed E-state index contributed by atoms with van der Waals surface area (Å²) < 4.78 is 4.77. The van der Waals surface area contributed by atoms with Crippen molar-refractivity contribution >= 4 is 17.7 Å². The molecule has 20 heavy (non-hydrogen) atoms. The fourth-order valence-corrected chi connectivity index (χ4v) is 1.54. The fraction of sp³-hybridized carbons (Fsp3) is 0.429. The number of nitrogens with zero attached hydrogens (tertiary/aromatic N) is 1. The molecule has 2 N–H and O–H groups in total. The molecule has 1 rings (SSSR count). The summed E-state index contributed by atoms with van der Waals surface area (Å²) in [5.74, 6) is -0.449. The van der Waals surface area contributed by atoms with Crippen molar-refractivity contribution in [1.29, 1.82) is 0 Å². The summed E-state index contributed by atoms with van der Waals surface area (Å²) in [6.07, 6.45) is -0.550. The smallest absolute Gasteiger partial charge is 0.325 e. The van der Waals surface area contributed by atoms with Crippen molar-refractivity contribution in [2.45, 2.75) is 20.0 Å². The van der Waals surface area contributed by atoms with Gasteiger partial charge in [0.2, 0.25) is 0 Å². The van der Waals surface area contributed by atoms with E-state index in [2.05, 4.69) is 5.32 Å². The van der Waals surface area contributed by atoms with Crippen LogP contribution in [0.15, 0.2) is 24.3 Å².